The van der Waals surface area contributed by atoms with Crippen molar-refractivity contribution in [2.75, 3.05) is 0 Å². The largest absolute Gasteiger partial charge is 0.486 e. The average Bonchev–Trinajstić information content (AvgIpc) is 2.57. The minimum absolute atomic E-state index is 0.139. The van der Waals surface area contributed by atoms with Crippen LogP contribution < -0.4 is 4.74 Å². The molecule has 1 fully saturated rings. The van der Waals surface area contributed by atoms with Crippen molar-refractivity contribution in [1.29, 1.82) is 0 Å². The van der Waals surface area contributed by atoms with Gasteiger partial charge in [0.25, 0.3) is 5.79 Å². The van der Waals surface area contributed by atoms with Crippen molar-refractivity contribution in [2.24, 2.45) is 0 Å². The van der Waals surface area contributed by atoms with Crippen LogP contribution in [0.2, 0.25) is 0 Å². The minimum Gasteiger partial charge on any atom is -0.486 e. The lowest BCUT2D eigenvalue weighted by molar-refractivity contribution is -0.222. The van der Waals surface area contributed by atoms with E-state index >= 15 is 0 Å². The van der Waals surface area contributed by atoms with Crippen LogP contribution in [0.4, 0.5) is 4.39 Å². The first-order valence-corrected chi connectivity index (χ1v) is 7.99. The zero-order valence-corrected chi connectivity index (χ0v) is 14.3. The Balaban J connectivity index is 1.76. The maximum absolute atomic E-state index is 13.6. The predicted molar refractivity (Wildman–Crippen MR) is 91.4 cm³/mol. The van der Waals surface area contributed by atoms with Crippen LogP contribution in [0.5, 0.6) is 5.75 Å². The second-order valence-electron chi connectivity index (χ2n) is 6.20. The molecule has 134 valence electrons. The molecule has 1 heterocycles. The van der Waals surface area contributed by atoms with Gasteiger partial charge in [0.15, 0.2) is 11.6 Å². The zero-order chi connectivity index (χ0) is 18.7. The van der Waals surface area contributed by atoms with Gasteiger partial charge in [-0.3, -0.25) is 0 Å². The molecule has 6 heteroatoms. The number of para-hydroxylation sites is 1. The standard InChI is InChI=1S/C20H17FO5/c1-20(2)25-18(22)15(19(23)26-20)11-13-6-5-7-14(10-13)12-24-17-9-4-3-8-16(17)21/h3-11H,12H2,1-2H3. The van der Waals surface area contributed by atoms with E-state index in [1.807, 2.05) is 0 Å². The monoisotopic (exact) mass is 356 g/mol. The fraction of sp³-hybridized carbons (Fsp3) is 0.200. The van der Waals surface area contributed by atoms with Crippen LogP contribution in [0.1, 0.15) is 25.0 Å². The van der Waals surface area contributed by atoms with E-state index in [-0.39, 0.29) is 17.9 Å². The van der Waals surface area contributed by atoms with E-state index in [1.54, 1.807) is 36.4 Å². The maximum atomic E-state index is 13.6. The van der Waals surface area contributed by atoms with E-state index in [9.17, 15) is 14.0 Å². The van der Waals surface area contributed by atoms with E-state index in [2.05, 4.69) is 0 Å². The van der Waals surface area contributed by atoms with Gasteiger partial charge in [-0.05, 0) is 35.4 Å². The molecule has 3 rings (SSSR count). The van der Waals surface area contributed by atoms with Gasteiger partial charge in [-0.2, -0.15) is 0 Å². The number of carbonyl (C=O) groups is 2. The quantitative estimate of drug-likeness (QED) is 0.476. The number of halogens is 1. The van der Waals surface area contributed by atoms with Crippen LogP contribution in [0.3, 0.4) is 0 Å². The molecule has 0 unspecified atom stereocenters. The Kier molecular flexibility index (Phi) is 4.75. The highest BCUT2D eigenvalue weighted by Crippen LogP contribution is 2.24. The topological polar surface area (TPSA) is 61.8 Å². The number of esters is 2. The summed E-state index contributed by atoms with van der Waals surface area (Å²) in [6.45, 7) is 3.11. The number of rotatable bonds is 4. The SMILES string of the molecule is CC1(C)OC(=O)C(=Cc2cccc(COc3ccccc3F)c2)C(=O)O1. The molecule has 0 N–H and O–H groups in total. The number of cyclic esters (lactones) is 2. The van der Waals surface area contributed by atoms with Crippen molar-refractivity contribution in [1.82, 2.24) is 0 Å². The molecule has 2 aromatic carbocycles. The van der Waals surface area contributed by atoms with Gasteiger partial charge in [0.2, 0.25) is 0 Å². The van der Waals surface area contributed by atoms with Gasteiger partial charge < -0.3 is 14.2 Å². The van der Waals surface area contributed by atoms with Crippen LogP contribution in [-0.2, 0) is 25.7 Å². The summed E-state index contributed by atoms with van der Waals surface area (Å²) in [4.78, 5) is 24.0. The summed E-state index contributed by atoms with van der Waals surface area (Å²) in [7, 11) is 0. The number of hydrogen-bond acceptors (Lipinski definition) is 5. The van der Waals surface area contributed by atoms with Gasteiger partial charge in [0.05, 0.1) is 0 Å². The zero-order valence-electron chi connectivity index (χ0n) is 14.3. The summed E-state index contributed by atoms with van der Waals surface area (Å²) in [6.07, 6.45) is 1.40. The normalized spacial score (nSPS) is 15.9. The first-order chi connectivity index (χ1) is 12.3. The molecule has 2 aromatic rings. The van der Waals surface area contributed by atoms with Gasteiger partial charge in [0.1, 0.15) is 12.2 Å². The third-order valence-electron chi connectivity index (χ3n) is 3.61. The minimum atomic E-state index is -1.28. The van der Waals surface area contributed by atoms with E-state index in [4.69, 9.17) is 14.2 Å². The second-order valence-corrected chi connectivity index (χ2v) is 6.20. The lowest BCUT2D eigenvalue weighted by atomic mass is 10.1. The third kappa shape index (κ3) is 4.08. The van der Waals surface area contributed by atoms with Gasteiger partial charge in [-0.1, -0.05) is 30.3 Å². The van der Waals surface area contributed by atoms with E-state index in [1.165, 1.54) is 32.1 Å². The molecule has 1 saturated heterocycles. The highest BCUT2D eigenvalue weighted by Gasteiger charge is 2.38. The first-order valence-electron chi connectivity index (χ1n) is 7.99. The van der Waals surface area contributed by atoms with E-state index < -0.39 is 23.5 Å². The number of hydrogen-bond donors (Lipinski definition) is 0. The molecule has 0 radical (unpaired) electrons. The molecule has 0 saturated carbocycles. The summed E-state index contributed by atoms with van der Waals surface area (Å²) in [5, 5.41) is 0. The molecule has 0 atom stereocenters. The Morgan fingerprint density at radius 1 is 1.04 bits per heavy atom. The highest BCUT2D eigenvalue weighted by molar-refractivity contribution is 6.18. The fourth-order valence-corrected chi connectivity index (χ4v) is 2.44. The number of benzene rings is 2. The molecule has 1 aliphatic heterocycles. The van der Waals surface area contributed by atoms with Crippen LogP contribution in [-0.4, -0.2) is 17.7 Å². The maximum Gasteiger partial charge on any atom is 0.348 e. The molecular weight excluding hydrogens is 339 g/mol. The lowest BCUT2D eigenvalue weighted by Crippen LogP contribution is -2.41. The van der Waals surface area contributed by atoms with Gasteiger partial charge in [0, 0.05) is 13.8 Å². The van der Waals surface area contributed by atoms with E-state index in [0.29, 0.717) is 5.56 Å². The second kappa shape index (κ2) is 7.00. The van der Waals surface area contributed by atoms with Crippen molar-refractivity contribution >= 4 is 18.0 Å². The van der Waals surface area contributed by atoms with Crippen molar-refractivity contribution in [2.45, 2.75) is 26.2 Å². The molecule has 1 aliphatic rings. The molecule has 0 spiro atoms. The fourth-order valence-electron chi connectivity index (χ4n) is 2.44. The lowest BCUT2D eigenvalue weighted by Gasteiger charge is -2.29. The molecule has 5 nitrogen and oxygen atoms in total. The Labute approximate surface area is 150 Å². The third-order valence-corrected chi connectivity index (χ3v) is 3.61. The first kappa shape index (κ1) is 17.7. The van der Waals surface area contributed by atoms with Crippen LogP contribution >= 0.6 is 0 Å². The predicted octanol–water partition coefficient (Wildman–Crippen LogP) is 3.62. The summed E-state index contributed by atoms with van der Waals surface area (Å²) in [5.41, 5.74) is 1.17. The molecule has 26 heavy (non-hydrogen) atoms. The Bertz CT molecular complexity index is 863. The van der Waals surface area contributed by atoms with Crippen molar-refractivity contribution in [3.63, 3.8) is 0 Å². The van der Waals surface area contributed by atoms with Gasteiger partial charge in [-0.15, -0.1) is 0 Å². The average molecular weight is 356 g/mol. The summed E-state index contributed by atoms with van der Waals surface area (Å²) in [5.74, 6) is -3.04. The van der Waals surface area contributed by atoms with Crippen LogP contribution in [0.25, 0.3) is 6.08 Å². The molecule has 0 aliphatic carbocycles. The molecule has 0 bridgehead atoms. The smallest absolute Gasteiger partial charge is 0.348 e. The van der Waals surface area contributed by atoms with Crippen LogP contribution in [0, 0.1) is 5.82 Å². The Hall–Kier alpha value is -3.15. The van der Waals surface area contributed by atoms with Crippen LogP contribution in [0.15, 0.2) is 54.1 Å². The van der Waals surface area contributed by atoms with Crippen molar-refractivity contribution < 1.29 is 28.2 Å². The highest BCUT2D eigenvalue weighted by atomic mass is 19.1. The summed E-state index contributed by atoms with van der Waals surface area (Å²) >= 11 is 0. The molecule has 0 aromatic heterocycles. The van der Waals surface area contributed by atoms with E-state index in [0.717, 1.165) is 5.56 Å². The van der Waals surface area contributed by atoms with Crippen molar-refractivity contribution in [3.8, 4) is 5.75 Å². The Morgan fingerprint density at radius 2 is 1.73 bits per heavy atom. The van der Waals surface area contributed by atoms with Crippen molar-refractivity contribution in [3.05, 3.63) is 71.0 Å². The van der Waals surface area contributed by atoms with Gasteiger partial charge in [-0.25, -0.2) is 14.0 Å². The number of carbonyl (C=O) groups excluding carboxylic acids is 2. The molecular formula is C20H17FO5. The summed E-state index contributed by atoms with van der Waals surface area (Å²) < 4.78 is 29.2. The molecule has 0 amide bonds. The number of ether oxygens (including phenoxy) is 3. The summed E-state index contributed by atoms with van der Waals surface area (Å²) in [6, 6.07) is 13.1. The van der Waals surface area contributed by atoms with Gasteiger partial charge >= 0.3 is 11.9 Å². The Morgan fingerprint density at radius 3 is 2.42 bits per heavy atom.